The quantitative estimate of drug-likeness (QED) is 0.415. The summed E-state index contributed by atoms with van der Waals surface area (Å²) in [6.07, 6.45) is 0. The van der Waals surface area contributed by atoms with E-state index in [1.807, 2.05) is 0 Å². The fourth-order valence-corrected chi connectivity index (χ4v) is 0.489. The van der Waals surface area contributed by atoms with E-state index in [4.69, 9.17) is 10.2 Å². The van der Waals surface area contributed by atoms with Crippen LogP contribution in [0.1, 0.15) is 6.92 Å². The van der Waals surface area contributed by atoms with Crippen LogP contribution in [0.15, 0.2) is 0 Å². The molecule has 2 N–H and O–H groups in total. The topological polar surface area (TPSA) is 109 Å². The highest BCUT2D eigenvalue weighted by Gasteiger charge is 2.30. The Bertz CT molecular complexity index is 227. The molecule has 66 valence electrons. The van der Waals surface area contributed by atoms with Crippen molar-refractivity contribution in [2.45, 2.75) is 6.92 Å². The van der Waals surface area contributed by atoms with Gasteiger partial charge in [0.05, 0.1) is 5.92 Å². The van der Waals surface area contributed by atoms with E-state index in [0.29, 0.717) is 0 Å². The van der Waals surface area contributed by atoms with Crippen LogP contribution in [0.4, 0.5) is 0 Å². The summed E-state index contributed by atoms with van der Waals surface area (Å²) in [5.41, 5.74) is 0. The van der Waals surface area contributed by atoms with Crippen molar-refractivity contribution in [3.05, 3.63) is 0 Å². The van der Waals surface area contributed by atoms with Crippen LogP contribution in [0.25, 0.3) is 0 Å². The first kappa shape index (κ1) is 10.3. The molecule has 0 heterocycles. The maximum absolute atomic E-state index is 10.5. The van der Waals surface area contributed by atoms with Gasteiger partial charge in [-0.2, -0.15) is 0 Å². The van der Waals surface area contributed by atoms with Crippen LogP contribution in [0.3, 0.4) is 0 Å². The zero-order valence-electron chi connectivity index (χ0n) is 6.10. The van der Waals surface area contributed by atoms with Crippen LogP contribution >= 0.6 is 0 Å². The van der Waals surface area contributed by atoms with E-state index >= 15 is 0 Å². The average Bonchev–Trinajstić information content (AvgIpc) is 2.00. The van der Waals surface area contributed by atoms with E-state index in [1.165, 1.54) is 0 Å². The molecule has 6 nitrogen and oxygen atoms in total. The number of carbonyl (C=O) groups excluding carboxylic acids is 2. The van der Waals surface area contributed by atoms with Crippen LogP contribution in [0, 0.1) is 5.92 Å². The van der Waals surface area contributed by atoms with E-state index in [0.717, 1.165) is 6.92 Å². The third-order valence-electron chi connectivity index (χ3n) is 1.21. The van der Waals surface area contributed by atoms with E-state index in [2.05, 4.69) is 0 Å². The number of aliphatic carboxylic acids is 2. The predicted molar refractivity (Wildman–Crippen MR) is 34.4 cm³/mol. The number of carboxylic acids is 2. The summed E-state index contributed by atoms with van der Waals surface area (Å²) in [7, 11) is 0. The molecule has 0 atom stereocenters. The van der Waals surface area contributed by atoms with Crippen molar-refractivity contribution in [3.63, 3.8) is 0 Å². The van der Waals surface area contributed by atoms with Gasteiger partial charge >= 0.3 is 11.9 Å². The van der Waals surface area contributed by atoms with Gasteiger partial charge in [0.15, 0.2) is 0 Å². The maximum atomic E-state index is 10.5. The average molecular weight is 174 g/mol. The third-order valence-corrected chi connectivity index (χ3v) is 1.21. The number of rotatable bonds is 4. The molecular formula is C6H6O6. The Kier molecular flexibility index (Phi) is 3.09. The van der Waals surface area contributed by atoms with E-state index < -0.39 is 29.4 Å². The van der Waals surface area contributed by atoms with Crippen molar-refractivity contribution in [2.24, 2.45) is 5.92 Å². The Morgan fingerprint density at radius 3 is 1.33 bits per heavy atom. The van der Waals surface area contributed by atoms with Gasteiger partial charge in [0, 0.05) is 0 Å². The zero-order chi connectivity index (χ0) is 9.89. The predicted octanol–water partition coefficient (Wildman–Crippen LogP) is -1.07. The molecular weight excluding hydrogens is 168 g/mol. The smallest absolute Gasteiger partial charge is 0.372 e. The number of ketones is 2. The van der Waals surface area contributed by atoms with Gasteiger partial charge in [-0.1, -0.05) is 0 Å². The minimum atomic E-state index is -1.81. The van der Waals surface area contributed by atoms with E-state index in [9.17, 15) is 19.2 Å². The van der Waals surface area contributed by atoms with Gasteiger partial charge < -0.3 is 10.2 Å². The standard InChI is InChI=1S/C6H6O6/c1-2(3(7)5(9)10)4(8)6(11)12/h2H,1H3,(H,9,10)(H,11,12). The number of hydrogen-bond acceptors (Lipinski definition) is 4. The number of hydrogen-bond donors (Lipinski definition) is 2. The lowest BCUT2D eigenvalue weighted by Crippen LogP contribution is -2.32. The van der Waals surface area contributed by atoms with E-state index in [1.54, 1.807) is 0 Å². The zero-order valence-corrected chi connectivity index (χ0v) is 6.10. The molecule has 0 rings (SSSR count). The van der Waals surface area contributed by atoms with Crippen LogP contribution in [0.5, 0.6) is 0 Å². The first-order valence-corrected chi connectivity index (χ1v) is 2.92. The molecule has 0 saturated carbocycles. The molecule has 0 aromatic heterocycles. The van der Waals surface area contributed by atoms with Crippen molar-refractivity contribution >= 4 is 23.5 Å². The first-order chi connectivity index (χ1) is 5.37. The minimum absolute atomic E-state index is 0.937. The summed E-state index contributed by atoms with van der Waals surface area (Å²) >= 11 is 0. The Labute approximate surface area is 66.8 Å². The minimum Gasteiger partial charge on any atom is -0.475 e. The second-order valence-corrected chi connectivity index (χ2v) is 2.06. The summed E-state index contributed by atoms with van der Waals surface area (Å²) in [5.74, 6) is -8.07. The van der Waals surface area contributed by atoms with Crippen LogP contribution in [-0.2, 0) is 19.2 Å². The molecule has 0 bridgehead atoms. The summed E-state index contributed by atoms with van der Waals surface area (Å²) in [5, 5.41) is 16.2. The highest BCUT2D eigenvalue weighted by molar-refractivity contribution is 6.46. The number of Topliss-reactive ketones (excluding diaryl/α,β-unsaturated/α-hetero) is 2. The lowest BCUT2D eigenvalue weighted by Gasteiger charge is -2.00. The van der Waals surface area contributed by atoms with Crippen molar-refractivity contribution < 1.29 is 29.4 Å². The monoisotopic (exact) mass is 174 g/mol. The molecule has 0 aliphatic carbocycles. The van der Waals surface area contributed by atoms with Crippen molar-refractivity contribution in [1.29, 1.82) is 0 Å². The molecule has 0 aliphatic heterocycles. The molecule has 0 spiro atoms. The summed E-state index contributed by atoms with van der Waals surface area (Å²) in [4.78, 5) is 41.0. The van der Waals surface area contributed by atoms with Crippen molar-refractivity contribution in [1.82, 2.24) is 0 Å². The Morgan fingerprint density at radius 2 is 1.17 bits per heavy atom. The third kappa shape index (κ3) is 2.15. The number of carboxylic acid groups (broad SMARTS) is 2. The molecule has 0 aliphatic rings. The normalized spacial score (nSPS) is 9.50. The van der Waals surface area contributed by atoms with Crippen LogP contribution < -0.4 is 0 Å². The highest BCUT2D eigenvalue weighted by Crippen LogP contribution is 1.99. The fourth-order valence-electron chi connectivity index (χ4n) is 0.489. The summed E-state index contributed by atoms with van der Waals surface area (Å²) < 4.78 is 0. The Morgan fingerprint density at radius 1 is 0.917 bits per heavy atom. The molecule has 0 fully saturated rings. The maximum Gasteiger partial charge on any atom is 0.372 e. The van der Waals surface area contributed by atoms with Crippen LogP contribution in [0.2, 0.25) is 0 Å². The largest absolute Gasteiger partial charge is 0.475 e. The van der Waals surface area contributed by atoms with E-state index in [-0.39, 0.29) is 0 Å². The fraction of sp³-hybridized carbons (Fsp3) is 0.333. The van der Waals surface area contributed by atoms with Crippen LogP contribution in [-0.4, -0.2) is 33.7 Å². The molecule has 0 aromatic rings. The lowest BCUT2D eigenvalue weighted by molar-refractivity contribution is -0.157. The molecule has 12 heavy (non-hydrogen) atoms. The van der Waals surface area contributed by atoms with Gasteiger partial charge in [-0.05, 0) is 6.92 Å². The highest BCUT2D eigenvalue weighted by atomic mass is 16.4. The summed E-state index contributed by atoms with van der Waals surface area (Å²) in [6.45, 7) is 0.937. The van der Waals surface area contributed by atoms with Crippen molar-refractivity contribution in [2.75, 3.05) is 0 Å². The second kappa shape index (κ2) is 3.61. The molecule has 0 aromatic carbocycles. The van der Waals surface area contributed by atoms with Gasteiger partial charge in [-0.15, -0.1) is 0 Å². The number of carbonyl (C=O) groups is 4. The van der Waals surface area contributed by atoms with Crippen molar-refractivity contribution in [3.8, 4) is 0 Å². The first-order valence-electron chi connectivity index (χ1n) is 2.92. The summed E-state index contributed by atoms with van der Waals surface area (Å²) in [6, 6.07) is 0. The molecule has 0 saturated heterocycles. The molecule has 0 radical (unpaired) electrons. The Balaban J connectivity index is 4.51. The Hall–Kier alpha value is -1.72. The molecule has 6 heteroatoms. The molecule has 0 amide bonds. The SMILES string of the molecule is CC(C(=O)C(=O)O)C(=O)C(=O)O. The van der Waals surface area contributed by atoms with Gasteiger partial charge in [0.25, 0.3) is 11.6 Å². The van der Waals surface area contributed by atoms with Gasteiger partial charge in [0.1, 0.15) is 0 Å². The van der Waals surface area contributed by atoms with Gasteiger partial charge in [-0.3, -0.25) is 9.59 Å². The second-order valence-electron chi connectivity index (χ2n) is 2.06. The molecule has 0 unspecified atom stereocenters. The van der Waals surface area contributed by atoms with Gasteiger partial charge in [-0.25, -0.2) is 9.59 Å². The lowest BCUT2D eigenvalue weighted by atomic mass is 10.0. The van der Waals surface area contributed by atoms with Gasteiger partial charge in [0.2, 0.25) is 0 Å².